The van der Waals surface area contributed by atoms with Crippen molar-refractivity contribution in [1.82, 2.24) is 24.8 Å². The first-order valence-electron chi connectivity index (χ1n) is 6.87. The summed E-state index contributed by atoms with van der Waals surface area (Å²) < 4.78 is 28.5. The molecule has 0 spiro atoms. The van der Waals surface area contributed by atoms with E-state index in [1.54, 1.807) is 30.1 Å². The predicted molar refractivity (Wildman–Crippen MR) is 80.0 cm³/mol. The van der Waals surface area contributed by atoms with Gasteiger partial charge in [-0.25, -0.2) is 13.1 Å². The predicted octanol–water partition coefficient (Wildman–Crippen LogP) is 0.726. The van der Waals surface area contributed by atoms with Crippen LogP contribution in [0.1, 0.15) is 24.7 Å². The van der Waals surface area contributed by atoms with E-state index < -0.39 is 10.0 Å². The van der Waals surface area contributed by atoms with Crippen LogP contribution in [0.25, 0.3) is 0 Å². The summed E-state index contributed by atoms with van der Waals surface area (Å²) in [6, 6.07) is 3.42. The highest BCUT2D eigenvalue weighted by atomic mass is 32.2. The summed E-state index contributed by atoms with van der Waals surface area (Å²) in [7, 11) is -1.73. The van der Waals surface area contributed by atoms with Crippen molar-refractivity contribution in [2.45, 2.75) is 31.3 Å². The van der Waals surface area contributed by atoms with Crippen LogP contribution in [-0.4, -0.2) is 29.7 Å². The zero-order valence-electron chi connectivity index (χ0n) is 12.3. The summed E-state index contributed by atoms with van der Waals surface area (Å²) in [5.41, 5.74) is 1.53. The van der Waals surface area contributed by atoms with Gasteiger partial charge in [-0.15, -0.1) is 0 Å². The Balaban J connectivity index is 1.95. The van der Waals surface area contributed by atoms with E-state index in [9.17, 15) is 8.42 Å². The van der Waals surface area contributed by atoms with Gasteiger partial charge in [0.25, 0.3) is 0 Å². The SMILES string of the molecule is CCCNCc1cc(S(=O)(=O)NCc2ccn(C)n2)c[nH]1. The molecule has 2 rings (SSSR count). The minimum Gasteiger partial charge on any atom is -0.363 e. The molecule has 0 amide bonds. The first kappa shape index (κ1) is 15.7. The number of aromatic amines is 1. The lowest BCUT2D eigenvalue weighted by Crippen LogP contribution is -2.23. The maximum absolute atomic E-state index is 12.2. The standard InChI is InChI=1S/C13H21N5O2S/c1-3-5-14-8-12-7-13(10-15-12)21(19,20)16-9-11-4-6-18(2)17-11/h4,6-7,10,14-16H,3,5,8-9H2,1-2H3. The molecule has 0 saturated carbocycles. The van der Waals surface area contributed by atoms with Crippen LogP contribution >= 0.6 is 0 Å². The van der Waals surface area contributed by atoms with Crippen molar-refractivity contribution < 1.29 is 8.42 Å². The van der Waals surface area contributed by atoms with Gasteiger partial charge in [-0.2, -0.15) is 5.10 Å². The fraction of sp³-hybridized carbons (Fsp3) is 0.462. The van der Waals surface area contributed by atoms with Crippen LogP contribution in [0.2, 0.25) is 0 Å². The Hall–Kier alpha value is -1.64. The van der Waals surface area contributed by atoms with E-state index >= 15 is 0 Å². The molecular formula is C13H21N5O2S. The smallest absolute Gasteiger partial charge is 0.242 e. The maximum Gasteiger partial charge on any atom is 0.242 e. The molecule has 3 N–H and O–H groups in total. The molecule has 0 unspecified atom stereocenters. The van der Waals surface area contributed by atoms with Crippen molar-refractivity contribution in [1.29, 1.82) is 0 Å². The third-order valence-electron chi connectivity index (χ3n) is 2.98. The minimum absolute atomic E-state index is 0.178. The average molecular weight is 311 g/mol. The zero-order valence-corrected chi connectivity index (χ0v) is 13.1. The van der Waals surface area contributed by atoms with E-state index in [0.717, 1.165) is 18.7 Å². The van der Waals surface area contributed by atoms with E-state index in [-0.39, 0.29) is 11.4 Å². The summed E-state index contributed by atoms with van der Waals surface area (Å²) in [4.78, 5) is 3.21. The molecule has 0 aliphatic heterocycles. The molecule has 0 saturated heterocycles. The lowest BCUT2D eigenvalue weighted by molar-refractivity contribution is 0.579. The molecule has 21 heavy (non-hydrogen) atoms. The molecule has 0 aliphatic carbocycles. The number of hydrogen-bond donors (Lipinski definition) is 3. The number of H-pyrrole nitrogens is 1. The van der Waals surface area contributed by atoms with E-state index in [2.05, 4.69) is 27.0 Å². The van der Waals surface area contributed by atoms with Crippen LogP contribution < -0.4 is 10.0 Å². The molecule has 116 valence electrons. The van der Waals surface area contributed by atoms with E-state index in [0.29, 0.717) is 12.2 Å². The van der Waals surface area contributed by atoms with E-state index in [1.165, 1.54) is 6.20 Å². The van der Waals surface area contributed by atoms with Gasteiger partial charge in [-0.3, -0.25) is 4.68 Å². The largest absolute Gasteiger partial charge is 0.363 e. The van der Waals surface area contributed by atoms with E-state index in [1.807, 2.05) is 0 Å². The summed E-state index contributed by atoms with van der Waals surface area (Å²) in [6.45, 7) is 3.79. The first-order chi connectivity index (χ1) is 10.0. The summed E-state index contributed by atoms with van der Waals surface area (Å²) in [5, 5.41) is 7.35. The number of rotatable bonds is 8. The molecule has 8 heteroatoms. The molecule has 2 aromatic rings. The molecule has 2 aromatic heterocycles. The molecule has 7 nitrogen and oxygen atoms in total. The fourth-order valence-electron chi connectivity index (χ4n) is 1.89. The van der Waals surface area contributed by atoms with Gasteiger partial charge in [0, 0.05) is 31.7 Å². The summed E-state index contributed by atoms with van der Waals surface area (Å²) in [5.74, 6) is 0. The number of aryl methyl sites for hydroxylation is 1. The van der Waals surface area contributed by atoms with Gasteiger partial charge in [-0.05, 0) is 25.1 Å². The highest BCUT2D eigenvalue weighted by Crippen LogP contribution is 2.11. The lowest BCUT2D eigenvalue weighted by Gasteiger charge is -2.02. The molecule has 0 radical (unpaired) electrons. The highest BCUT2D eigenvalue weighted by Gasteiger charge is 2.16. The molecular weight excluding hydrogens is 290 g/mol. The zero-order chi connectivity index (χ0) is 15.3. The Bertz CT molecular complexity index is 674. The second-order valence-corrected chi connectivity index (χ2v) is 6.61. The Morgan fingerprint density at radius 2 is 2.19 bits per heavy atom. The fourth-order valence-corrected chi connectivity index (χ4v) is 2.90. The van der Waals surface area contributed by atoms with Crippen molar-refractivity contribution in [3.8, 4) is 0 Å². The molecule has 2 heterocycles. The summed E-state index contributed by atoms with van der Waals surface area (Å²) in [6.07, 6.45) is 4.32. The molecule has 0 bridgehead atoms. The molecule has 0 atom stereocenters. The van der Waals surface area contributed by atoms with Crippen molar-refractivity contribution in [3.05, 3.63) is 35.9 Å². The Kier molecular flexibility index (Phi) is 5.16. The van der Waals surface area contributed by atoms with Crippen molar-refractivity contribution in [2.75, 3.05) is 6.54 Å². The van der Waals surface area contributed by atoms with Gasteiger partial charge < -0.3 is 10.3 Å². The van der Waals surface area contributed by atoms with E-state index in [4.69, 9.17) is 0 Å². The molecule has 0 aliphatic rings. The number of sulfonamides is 1. The number of nitrogens with zero attached hydrogens (tertiary/aromatic N) is 2. The van der Waals surface area contributed by atoms with Crippen molar-refractivity contribution in [2.24, 2.45) is 7.05 Å². The van der Waals surface area contributed by atoms with Gasteiger partial charge >= 0.3 is 0 Å². The number of nitrogens with one attached hydrogen (secondary N) is 3. The van der Waals surface area contributed by atoms with Crippen molar-refractivity contribution >= 4 is 10.0 Å². The maximum atomic E-state index is 12.2. The van der Waals surface area contributed by atoms with Crippen LogP contribution in [0, 0.1) is 0 Å². The first-order valence-corrected chi connectivity index (χ1v) is 8.36. The lowest BCUT2D eigenvalue weighted by atomic mass is 10.4. The van der Waals surface area contributed by atoms with Crippen LogP contribution in [0.5, 0.6) is 0 Å². The van der Waals surface area contributed by atoms with Gasteiger partial charge in [0.1, 0.15) is 0 Å². The Morgan fingerprint density at radius 1 is 1.38 bits per heavy atom. The van der Waals surface area contributed by atoms with Gasteiger partial charge in [0.2, 0.25) is 10.0 Å². The monoisotopic (exact) mass is 311 g/mol. The number of aromatic nitrogens is 3. The van der Waals surface area contributed by atoms with Crippen LogP contribution in [0.15, 0.2) is 29.4 Å². The molecule has 0 aromatic carbocycles. The third-order valence-corrected chi connectivity index (χ3v) is 4.36. The quantitative estimate of drug-likeness (QED) is 0.627. The highest BCUT2D eigenvalue weighted by molar-refractivity contribution is 7.89. The normalized spacial score (nSPS) is 11.9. The third kappa shape index (κ3) is 4.42. The average Bonchev–Trinajstić information content (AvgIpc) is 3.06. The second kappa shape index (κ2) is 6.88. The van der Waals surface area contributed by atoms with Gasteiger partial charge in [-0.1, -0.05) is 6.92 Å². The van der Waals surface area contributed by atoms with Gasteiger partial charge in [0.15, 0.2) is 0 Å². The second-order valence-electron chi connectivity index (χ2n) is 4.84. The van der Waals surface area contributed by atoms with Crippen LogP contribution in [0.3, 0.4) is 0 Å². The number of hydrogen-bond acceptors (Lipinski definition) is 4. The molecule has 0 fully saturated rings. The minimum atomic E-state index is -3.52. The van der Waals surface area contributed by atoms with Gasteiger partial charge in [0.05, 0.1) is 17.1 Å². The Labute approximate surface area is 124 Å². The van der Waals surface area contributed by atoms with Crippen LogP contribution in [-0.2, 0) is 30.2 Å². The van der Waals surface area contributed by atoms with Crippen molar-refractivity contribution in [3.63, 3.8) is 0 Å². The summed E-state index contributed by atoms with van der Waals surface area (Å²) >= 11 is 0. The topological polar surface area (TPSA) is 91.8 Å². The Morgan fingerprint density at radius 3 is 2.86 bits per heavy atom. The van der Waals surface area contributed by atoms with Crippen LogP contribution in [0.4, 0.5) is 0 Å².